The second kappa shape index (κ2) is 13.3. The fraction of sp³-hybridized carbons (Fsp3) is 0.220. The van der Waals surface area contributed by atoms with Crippen LogP contribution in [-0.2, 0) is 27.5 Å². The van der Waals surface area contributed by atoms with Crippen molar-refractivity contribution in [1.82, 2.24) is 19.3 Å². The summed E-state index contributed by atoms with van der Waals surface area (Å²) in [6.07, 6.45) is 4.05. The van der Waals surface area contributed by atoms with Gasteiger partial charge < -0.3 is 9.30 Å². The molecule has 3 heterocycles. The number of para-hydroxylation sites is 1. The number of hydrogen-bond donors (Lipinski definition) is 0. The summed E-state index contributed by atoms with van der Waals surface area (Å²) in [6, 6.07) is 36.2. The van der Waals surface area contributed by atoms with E-state index >= 15 is 0 Å². The molecule has 238 valence electrons. The topological polar surface area (TPSA) is 44.9 Å². The third kappa shape index (κ3) is 6.17. The molecular weight excluding hydrogens is 760 g/mol. The Bertz CT molecular complexity index is 2230. The van der Waals surface area contributed by atoms with Crippen molar-refractivity contribution >= 4 is 21.8 Å². The van der Waals surface area contributed by atoms with Gasteiger partial charge in [0.25, 0.3) is 0 Å². The average Bonchev–Trinajstić information content (AvgIpc) is 3.53. The van der Waals surface area contributed by atoms with Gasteiger partial charge in [0, 0.05) is 34.5 Å². The van der Waals surface area contributed by atoms with Crippen LogP contribution in [0.3, 0.4) is 0 Å². The number of rotatable bonds is 8. The van der Waals surface area contributed by atoms with Crippen molar-refractivity contribution in [3.05, 3.63) is 131 Å². The van der Waals surface area contributed by atoms with Gasteiger partial charge in [-0.3, -0.25) is 4.68 Å². The van der Waals surface area contributed by atoms with Crippen LogP contribution in [0.25, 0.3) is 44.4 Å². The minimum Gasteiger partial charge on any atom is -0.509 e. The summed E-state index contributed by atoms with van der Waals surface area (Å²) in [6.45, 7) is 13.1. The molecule has 0 N–H and O–H groups in total. The predicted octanol–water partition coefficient (Wildman–Crippen LogP) is 10.2. The number of nitrogens with zero attached hydrogens (tertiary/aromatic N) is 4. The normalized spacial score (nSPS) is 11.4. The van der Waals surface area contributed by atoms with Gasteiger partial charge in [0.05, 0.1) is 5.69 Å². The van der Waals surface area contributed by atoms with Gasteiger partial charge in [0.2, 0.25) is 0 Å². The summed E-state index contributed by atoms with van der Waals surface area (Å²) in [4.78, 5) is 4.70. The maximum Gasteiger partial charge on any atom is 2.00 e. The zero-order valence-corrected chi connectivity index (χ0v) is 29.9. The molecule has 0 aliphatic rings. The van der Waals surface area contributed by atoms with Crippen molar-refractivity contribution in [2.75, 3.05) is 0 Å². The summed E-state index contributed by atoms with van der Waals surface area (Å²) in [5.41, 5.74) is 11.2. The van der Waals surface area contributed by atoms with E-state index in [1.165, 1.54) is 22.3 Å². The van der Waals surface area contributed by atoms with Crippen LogP contribution in [0.1, 0.15) is 48.3 Å². The first-order valence-electron chi connectivity index (χ1n) is 16.0. The molecule has 0 radical (unpaired) electrons. The van der Waals surface area contributed by atoms with Crippen molar-refractivity contribution in [3.63, 3.8) is 0 Å². The van der Waals surface area contributed by atoms with Crippen molar-refractivity contribution in [2.24, 2.45) is 5.92 Å². The summed E-state index contributed by atoms with van der Waals surface area (Å²) < 4.78 is 10.6. The minimum absolute atomic E-state index is 0. The zero-order chi connectivity index (χ0) is 31.9. The summed E-state index contributed by atoms with van der Waals surface area (Å²) >= 11 is 0. The SMILES string of the molecule is Cc1ccnc(-n2c3[c-]c(Oc4[c-]c(-n5nc(C)c(-c6c(C)cccc6CCC(C)C)c5C)ccc4)ccc3c3ccccc32)c1.[Pt+2]. The van der Waals surface area contributed by atoms with Gasteiger partial charge in [0.1, 0.15) is 5.82 Å². The Hall–Kier alpha value is -4.47. The average molecular weight is 798 g/mol. The van der Waals surface area contributed by atoms with Gasteiger partial charge in [-0.15, -0.1) is 35.7 Å². The molecule has 0 amide bonds. The molecule has 0 aliphatic carbocycles. The molecule has 0 saturated heterocycles. The third-order valence-electron chi connectivity index (χ3n) is 8.78. The van der Waals surface area contributed by atoms with E-state index in [2.05, 4.69) is 113 Å². The van der Waals surface area contributed by atoms with E-state index in [0.717, 1.165) is 63.1 Å². The molecule has 0 saturated carbocycles. The molecule has 0 atom stereocenters. The zero-order valence-electron chi connectivity index (χ0n) is 27.7. The number of benzene rings is 4. The van der Waals surface area contributed by atoms with E-state index in [1.807, 2.05) is 41.2 Å². The maximum absolute atomic E-state index is 6.43. The molecule has 3 aromatic heterocycles. The fourth-order valence-electron chi connectivity index (χ4n) is 6.53. The van der Waals surface area contributed by atoms with E-state index in [1.54, 1.807) is 0 Å². The Balaban J connectivity index is 0.00000386. The van der Waals surface area contributed by atoms with Crippen molar-refractivity contribution < 1.29 is 25.8 Å². The standard InChI is InChI=1S/C41H38N4O.Pt/c1-26(2)17-18-31-12-9-11-28(4)40(31)41-29(5)43-45(30(41)6)32-13-10-14-33(24-32)46-34-19-20-36-35-15-7-8-16-37(35)44(38(36)25-34)39-23-27(3)21-22-42-39;/h7-16,19-23,26H,17-18H2,1-6H3;/q-2;+2. The van der Waals surface area contributed by atoms with Gasteiger partial charge in [-0.05, 0) is 98.0 Å². The van der Waals surface area contributed by atoms with Gasteiger partial charge >= 0.3 is 21.1 Å². The largest absolute Gasteiger partial charge is 2.00 e. The quantitative estimate of drug-likeness (QED) is 0.144. The van der Waals surface area contributed by atoms with E-state index in [-0.39, 0.29) is 21.1 Å². The molecule has 47 heavy (non-hydrogen) atoms. The van der Waals surface area contributed by atoms with Crippen LogP contribution in [0.5, 0.6) is 11.5 Å². The van der Waals surface area contributed by atoms with Crippen molar-refractivity contribution in [2.45, 2.75) is 54.4 Å². The molecule has 4 aromatic carbocycles. The molecule has 5 nitrogen and oxygen atoms in total. The molecule has 0 bridgehead atoms. The molecule has 0 fully saturated rings. The third-order valence-corrected chi connectivity index (χ3v) is 8.78. The fourth-order valence-corrected chi connectivity index (χ4v) is 6.53. The van der Waals surface area contributed by atoms with Crippen molar-refractivity contribution in [3.8, 4) is 34.1 Å². The Labute approximate surface area is 291 Å². The monoisotopic (exact) mass is 797 g/mol. The first-order valence-corrected chi connectivity index (χ1v) is 16.0. The summed E-state index contributed by atoms with van der Waals surface area (Å²) in [5, 5.41) is 7.26. The molecule has 6 heteroatoms. The van der Waals surface area contributed by atoms with E-state index < -0.39 is 0 Å². The molecule has 0 aliphatic heterocycles. The first kappa shape index (κ1) is 32.5. The van der Waals surface area contributed by atoms with Crippen LogP contribution in [-0.4, -0.2) is 19.3 Å². The Morgan fingerprint density at radius 1 is 0.787 bits per heavy atom. The molecule has 0 spiro atoms. The second-order valence-corrected chi connectivity index (χ2v) is 12.6. The van der Waals surface area contributed by atoms with Crippen LogP contribution in [0, 0.1) is 45.7 Å². The van der Waals surface area contributed by atoms with Crippen molar-refractivity contribution in [1.29, 1.82) is 0 Å². The Morgan fingerprint density at radius 2 is 1.57 bits per heavy atom. The van der Waals surface area contributed by atoms with Gasteiger partial charge in [0.15, 0.2) is 0 Å². The first-order chi connectivity index (χ1) is 22.3. The number of pyridine rings is 1. The Kier molecular flexibility index (Phi) is 9.21. The summed E-state index contributed by atoms with van der Waals surface area (Å²) in [5.74, 6) is 2.72. The number of fused-ring (bicyclic) bond motifs is 3. The number of aromatic nitrogens is 4. The number of aryl methyl sites for hydroxylation is 4. The second-order valence-electron chi connectivity index (χ2n) is 12.6. The maximum atomic E-state index is 6.43. The molecule has 7 aromatic rings. The minimum atomic E-state index is 0. The molecule has 7 rings (SSSR count). The molecular formula is C41H38N4OPt. The molecule has 0 unspecified atom stereocenters. The van der Waals surface area contributed by atoms with Gasteiger partial charge in [-0.2, -0.15) is 17.2 Å². The van der Waals surface area contributed by atoms with Crippen LogP contribution >= 0.6 is 0 Å². The summed E-state index contributed by atoms with van der Waals surface area (Å²) in [7, 11) is 0. The van der Waals surface area contributed by atoms with Gasteiger partial charge in [-0.1, -0.05) is 55.8 Å². The van der Waals surface area contributed by atoms with E-state index in [9.17, 15) is 0 Å². The predicted molar refractivity (Wildman–Crippen MR) is 187 cm³/mol. The van der Waals surface area contributed by atoms with Crippen LogP contribution < -0.4 is 4.74 Å². The number of hydrogen-bond acceptors (Lipinski definition) is 3. The van der Waals surface area contributed by atoms with E-state index in [0.29, 0.717) is 17.4 Å². The smallest absolute Gasteiger partial charge is 0.509 e. The van der Waals surface area contributed by atoms with Crippen LogP contribution in [0.2, 0.25) is 0 Å². The van der Waals surface area contributed by atoms with Crippen LogP contribution in [0.15, 0.2) is 91.1 Å². The van der Waals surface area contributed by atoms with Gasteiger partial charge in [-0.25, -0.2) is 4.98 Å². The Morgan fingerprint density at radius 3 is 2.38 bits per heavy atom. The van der Waals surface area contributed by atoms with Crippen LogP contribution in [0.4, 0.5) is 0 Å². The van der Waals surface area contributed by atoms with E-state index in [4.69, 9.17) is 14.8 Å². The number of ether oxygens (including phenoxy) is 1.